The molecule has 0 aliphatic carbocycles. The van der Waals surface area contributed by atoms with Crippen molar-refractivity contribution < 1.29 is 4.79 Å². The Labute approximate surface area is 131 Å². The van der Waals surface area contributed by atoms with Crippen LogP contribution in [-0.4, -0.2) is 23.6 Å². The van der Waals surface area contributed by atoms with Gasteiger partial charge in [0.05, 0.1) is 5.75 Å². The van der Waals surface area contributed by atoms with Crippen LogP contribution in [0.4, 0.5) is 0 Å². The Balaban J connectivity index is 1.76. The fraction of sp³-hybridized carbons (Fsp3) is 0.278. The van der Waals surface area contributed by atoms with Crippen molar-refractivity contribution in [2.75, 3.05) is 12.8 Å². The molecule has 2 nitrogen and oxygen atoms in total. The average molecular weight is 299 g/mol. The van der Waals surface area contributed by atoms with Crippen molar-refractivity contribution in [3.63, 3.8) is 0 Å². The van der Waals surface area contributed by atoms with Gasteiger partial charge in [0, 0.05) is 19.3 Å². The molecule has 2 aromatic rings. The summed E-state index contributed by atoms with van der Waals surface area (Å²) in [6.07, 6.45) is 0. The van der Waals surface area contributed by atoms with Gasteiger partial charge in [-0.1, -0.05) is 60.2 Å². The van der Waals surface area contributed by atoms with Crippen molar-refractivity contribution in [3.8, 4) is 0 Å². The minimum atomic E-state index is 0.177. The van der Waals surface area contributed by atoms with Crippen LogP contribution in [0.5, 0.6) is 0 Å². The molecular formula is C18H21NOS. The normalized spacial score (nSPS) is 10.4. The zero-order valence-electron chi connectivity index (χ0n) is 12.6. The number of carbonyl (C=O) groups excluding carboxylic acids is 1. The first-order valence-corrected chi connectivity index (χ1v) is 8.22. The van der Waals surface area contributed by atoms with Gasteiger partial charge in [0.1, 0.15) is 0 Å². The molecule has 0 saturated heterocycles. The highest BCUT2D eigenvalue weighted by atomic mass is 32.2. The van der Waals surface area contributed by atoms with Gasteiger partial charge >= 0.3 is 0 Å². The molecule has 3 heteroatoms. The van der Waals surface area contributed by atoms with Gasteiger partial charge in [0.25, 0.3) is 0 Å². The van der Waals surface area contributed by atoms with Gasteiger partial charge in [-0.2, -0.15) is 0 Å². The van der Waals surface area contributed by atoms with Crippen LogP contribution in [0.2, 0.25) is 0 Å². The van der Waals surface area contributed by atoms with E-state index in [4.69, 9.17) is 0 Å². The topological polar surface area (TPSA) is 20.3 Å². The predicted molar refractivity (Wildman–Crippen MR) is 90.3 cm³/mol. The standard InChI is InChI=1S/C18H21NOS/c1-15-7-6-10-17(11-15)13-21-14-18(20)19(2)12-16-8-4-3-5-9-16/h3-11H,12-14H2,1-2H3. The van der Waals surface area contributed by atoms with E-state index in [1.807, 2.05) is 37.4 Å². The van der Waals surface area contributed by atoms with Gasteiger partial charge in [-0.05, 0) is 18.1 Å². The molecule has 21 heavy (non-hydrogen) atoms. The molecule has 0 bridgehead atoms. The van der Waals surface area contributed by atoms with E-state index < -0.39 is 0 Å². The molecule has 1 amide bonds. The number of thioether (sulfide) groups is 1. The Morgan fingerprint density at radius 1 is 1.05 bits per heavy atom. The maximum atomic E-state index is 12.1. The van der Waals surface area contributed by atoms with Crippen LogP contribution in [0.25, 0.3) is 0 Å². The Morgan fingerprint density at radius 3 is 2.48 bits per heavy atom. The van der Waals surface area contributed by atoms with Gasteiger partial charge in [-0.3, -0.25) is 4.79 Å². The van der Waals surface area contributed by atoms with E-state index in [1.165, 1.54) is 11.1 Å². The number of hydrogen-bond acceptors (Lipinski definition) is 2. The zero-order valence-corrected chi connectivity index (χ0v) is 13.4. The SMILES string of the molecule is Cc1cccc(CSCC(=O)N(C)Cc2ccccc2)c1. The summed E-state index contributed by atoms with van der Waals surface area (Å²) in [6, 6.07) is 18.5. The van der Waals surface area contributed by atoms with Crippen LogP contribution in [0.1, 0.15) is 16.7 Å². The van der Waals surface area contributed by atoms with Crippen LogP contribution in [0.3, 0.4) is 0 Å². The monoisotopic (exact) mass is 299 g/mol. The lowest BCUT2D eigenvalue weighted by Crippen LogP contribution is -2.27. The number of benzene rings is 2. The first kappa shape index (κ1) is 15.6. The molecular weight excluding hydrogens is 278 g/mol. The molecule has 0 aliphatic heterocycles. The quantitative estimate of drug-likeness (QED) is 0.806. The highest BCUT2D eigenvalue weighted by molar-refractivity contribution is 7.99. The van der Waals surface area contributed by atoms with Gasteiger partial charge in [-0.15, -0.1) is 11.8 Å². The number of carbonyl (C=O) groups is 1. The summed E-state index contributed by atoms with van der Waals surface area (Å²) in [4.78, 5) is 13.9. The van der Waals surface area contributed by atoms with Crippen molar-refractivity contribution in [1.29, 1.82) is 0 Å². The van der Waals surface area contributed by atoms with E-state index >= 15 is 0 Å². The summed E-state index contributed by atoms with van der Waals surface area (Å²) in [5, 5.41) is 0. The number of nitrogens with zero attached hydrogens (tertiary/aromatic N) is 1. The predicted octanol–water partition coefficient (Wildman–Crippen LogP) is 3.89. The summed E-state index contributed by atoms with van der Waals surface area (Å²) in [6.45, 7) is 2.76. The van der Waals surface area contributed by atoms with Gasteiger partial charge in [0.15, 0.2) is 0 Å². The lowest BCUT2D eigenvalue weighted by atomic mass is 10.2. The molecule has 0 saturated carbocycles. The second-order valence-electron chi connectivity index (χ2n) is 5.22. The Morgan fingerprint density at radius 2 is 1.76 bits per heavy atom. The summed E-state index contributed by atoms with van der Waals surface area (Å²) in [5.74, 6) is 1.58. The largest absolute Gasteiger partial charge is 0.341 e. The second-order valence-corrected chi connectivity index (χ2v) is 6.20. The summed E-state index contributed by atoms with van der Waals surface area (Å²) in [5.41, 5.74) is 3.70. The minimum Gasteiger partial charge on any atom is -0.341 e. The molecule has 0 unspecified atom stereocenters. The average Bonchev–Trinajstić information content (AvgIpc) is 2.48. The molecule has 2 aromatic carbocycles. The van der Waals surface area contributed by atoms with Crippen LogP contribution in [-0.2, 0) is 17.1 Å². The molecule has 2 rings (SSSR count). The second kappa shape index (κ2) is 7.89. The minimum absolute atomic E-state index is 0.177. The van der Waals surface area contributed by atoms with E-state index in [1.54, 1.807) is 16.7 Å². The molecule has 0 heterocycles. The third-order valence-electron chi connectivity index (χ3n) is 3.27. The molecule has 0 aliphatic rings. The summed E-state index contributed by atoms with van der Waals surface area (Å²) in [7, 11) is 1.86. The van der Waals surface area contributed by atoms with Crippen LogP contribution >= 0.6 is 11.8 Å². The molecule has 0 atom stereocenters. The van der Waals surface area contributed by atoms with Gasteiger partial charge in [-0.25, -0.2) is 0 Å². The lowest BCUT2D eigenvalue weighted by Gasteiger charge is -2.17. The highest BCUT2D eigenvalue weighted by Gasteiger charge is 2.09. The summed E-state index contributed by atoms with van der Waals surface area (Å²) < 4.78 is 0. The van der Waals surface area contributed by atoms with E-state index in [2.05, 4.69) is 31.2 Å². The lowest BCUT2D eigenvalue weighted by molar-refractivity contribution is -0.127. The van der Waals surface area contributed by atoms with Crippen LogP contribution < -0.4 is 0 Å². The smallest absolute Gasteiger partial charge is 0.232 e. The van der Waals surface area contributed by atoms with E-state index in [0.717, 1.165) is 11.3 Å². The van der Waals surface area contributed by atoms with Crippen molar-refractivity contribution in [1.82, 2.24) is 4.90 Å². The Kier molecular flexibility index (Phi) is 5.88. The zero-order chi connectivity index (χ0) is 15.1. The van der Waals surface area contributed by atoms with Crippen molar-refractivity contribution in [2.24, 2.45) is 0 Å². The number of hydrogen-bond donors (Lipinski definition) is 0. The van der Waals surface area contributed by atoms with Crippen molar-refractivity contribution in [2.45, 2.75) is 19.2 Å². The fourth-order valence-electron chi connectivity index (χ4n) is 2.11. The highest BCUT2D eigenvalue weighted by Crippen LogP contribution is 2.14. The van der Waals surface area contributed by atoms with E-state index in [0.29, 0.717) is 12.3 Å². The maximum absolute atomic E-state index is 12.1. The van der Waals surface area contributed by atoms with Crippen molar-refractivity contribution >= 4 is 17.7 Å². The Bertz CT molecular complexity index is 583. The molecule has 0 radical (unpaired) electrons. The van der Waals surface area contributed by atoms with E-state index in [9.17, 15) is 4.79 Å². The molecule has 0 fully saturated rings. The number of amides is 1. The van der Waals surface area contributed by atoms with Crippen molar-refractivity contribution in [3.05, 3.63) is 71.3 Å². The molecule has 0 aromatic heterocycles. The van der Waals surface area contributed by atoms with Crippen LogP contribution in [0.15, 0.2) is 54.6 Å². The molecule has 110 valence electrons. The summed E-state index contributed by atoms with van der Waals surface area (Å²) >= 11 is 1.67. The van der Waals surface area contributed by atoms with Gasteiger partial charge in [0.2, 0.25) is 5.91 Å². The number of aryl methyl sites for hydroxylation is 1. The van der Waals surface area contributed by atoms with E-state index in [-0.39, 0.29) is 5.91 Å². The third kappa shape index (κ3) is 5.27. The first-order valence-electron chi connectivity index (χ1n) is 7.06. The number of rotatable bonds is 6. The molecule has 0 N–H and O–H groups in total. The first-order chi connectivity index (χ1) is 10.1. The maximum Gasteiger partial charge on any atom is 0.232 e. The molecule has 0 spiro atoms. The Hall–Kier alpha value is -1.74. The van der Waals surface area contributed by atoms with Gasteiger partial charge < -0.3 is 4.90 Å². The fourth-order valence-corrected chi connectivity index (χ4v) is 3.03. The third-order valence-corrected chi connectivity index (χ3v) is 4.25. The van der Waals surface area contributed by atoms with Crippen LogP contribution in [0, 0.1) is 6.92 Å².